The fourth-order valence-electron chi connectivity index (χ4n) is 6.61. The van der Waals surface area contributed by atoms with Crippen molar-refractivity contribution < 1.29 is 45.2 Å². The van der Waals surface area contributed by atoms with E-state index >= 15 is 0 Å². The second-order valence-electron chi connectivity index (χ2n) is 10.7. The Morgan fingerprint density at radius 3 is 1.77 bits per heavy atom. The van der Waals surface area contributed by atoms with Gasteiger partial charge in [0.15, 0.2) is 0 Å². The number of rotatable bonds is 3. The maximum Gasteiger partial charge on any atom is -1.00 e. The Balaban J connectivity index is 0.00000154. The van der Waals surface area contributed by atoms with Crippen molar-refractivity contribution in [2.24, 2.45) is 0 Å². The molecule has 4 heteroatoms. The van der Waals surface area contributed by atoms with Crippen molar-refractivity contribution >= 4 is 12.0 Å². The molecule has 2 unspecified atom stereocenters. The third-order valence-corrected chi connectivity index (χ3v) is 24.7. The van der Waals surface area contributed by atoms with Gasteiger partial charge in [0.2, 0.25) is 0 Å². The molecule has 39 heavy (non-hydrogen) atoms. The van der Waals surface area contributed by atoms with Gasteiger partial charge in [-0.3, -0.25) is 0 Å². The number of hydrogen-bond acceptors (Lipinski definition) is 0. The van der Waals surface area contributed by atoms with Gasteiger partial charge in [-0.25, -0.2) is 0 Å². The Bertz CT molecular complexity index is 1700. The fourth-order valence-corrected chi connectivity index (χ4v) is 23.9. The maximum absolute atomic E-state index is 2.60. The van der Waals surface area contributed by atoms with Gasteiger partial charge in [0.25, 0.3) is 0 Å². The molecular formula is C35H30Cl2SiZr. The van der Waals surface area contributed by atoms with E-state index < -0.39 is 25.8 Å². The summed E-state index contributed by atoms with van der Waals surface area (Å²) in [6.45, 7) is 7.46. The molecule has 192 valence electrons. The first-order valence-electron chi connectivity index (χ1n) is 13.3. The maximum atomic E-state index is 2.60. The quantitative estimate of drug-likeness (QED) is 0.387. The zero-order chi connectivity index (χ0) is 25.1. The predicted octanol–water partition coefficient (Wildman–Crippen LogP) is 3.11. The molecule has 0 saturated heterocycles. The SMILES string of the molecule is Cc1ccc2c(c1)[C]([Zr+2]([C]1=C3C=CC=CC3c3ccc(-c4ccccc4)cc31)=[Si](C)C)=C1C=CC=CC12.[Cl-].[Cl-]. The summed E-state index contributed by atoms with van der Waals surface area (Å²) in [6, 6.07) is 25.4. The molecule has 7 rings (SSSR count). The first-order chi connectivity index (χ1) is 18.1. The van der Waals surface area contributed by atoms with Crippen molar-refractivity contribution in [1.82, 2.24) is 0 Å². The van der Waals surface area contributed by atoms with Gasteiger partial charge < -0.3 is 24.8 Å². The standard InChI is InChI=1S/C19H13.C14H11.C2H6Si.2ClH.Zr/c1-2-6-14(7-3-1)15-10-11-19-17(12-15)13-16-8-4-5-9-18(16)19;1-10-6-7-14-12(8-10)9-11-4-2-3-5-13(11)14;1-3-2;;;/h1-12,18H;2-8,13H,1H3;1-2H3;2*1H;/q;;;;;+2/p-2. The van der Waals surface area contributed by atoms with Gasteiger partial charge in [-0.1, -0.05) is 0 Å². The fraction of sp³-hybridized carbons (Fsp3) is 0.143. The number of hydrogen-bond donors (Lipinski definition) is 0. The van der Waals surface area contributed by atoms with Crippen LogP contribution < -0.4 is 24.8 Å². The summed E-state index contributed by atoms with van der Waals surface area (Å²) in [6.07, 6.45) is 18.8. The Labute approximate surface area is 252 Å². The van der Waals surface area contributed by atoms with Crippen molar-refractivity contribution in [3.05, 3.63) is 154 Å². The normalized spacial score (nSPS) is 18.9. The van der Waals surface area contributed by atoms with Crippen molar-refractivity contribution in [3.8, 4) is 11.1 Å². The molecule has 0 nitrogen and oxygen atoms in total. The summed E-state index contributed by atoms with van der Waals surface area (Å²) in [5.74, 6) is 0.825. The second-order valence-corrected chi connectivity index (χ2v) is 27.4. The molecule has 4 aliphatic rings. The van der Waals surface area contributed by atoms with Crippen LogP contribution in [-0.4, -0.2) is 5.43 Å². The van der Waals surface area contributed by atoms with Crippen LogP contribution in [-0.2, 0) is 20.4 Å². The molecule has 0 heterocycles. The van der Waals surface area contributed by atoms with Crippen molar-refractivity contribution in [3.63, 3.8) is 0 Å². The number of benzene rings is 3. The van der Waals surface area contributed by atoms with Crippen LogP contribution in [0.1, 0.15) is 39.7 Å². The minimum atomic E-state index is -2.32. The van der Waals surface area contributed by atoms with Gasteiger partial charge in [-0.2, -0.15) is 0 Å². The zero-order valence-electron chi connectivity index (χ0n) is 22.4. The largest absolute Gasteiger partial charge is 1.00 e. The van der Waals surface area contributed by atoms with E-state index in [2.05, 4.69) is 135 Å². The van der Waals surface area contributed by atoms with Gasteiger partial charge in [0.1, 0.15) is 0 Å². The van der Waals surface area contributed by atoms with E-state index in [9.17, 15) is 0 Å². The molecular weight excluding hydrogens is 611 g/mol. The molecule has 3 aromatic rings. The molecule has 0 fully saturated rings. The molecule has 4 aliphatic carbocycles. The third kappa shape index (κ3) is 4.64. The van der Waals surface area contributed by atoms with Crippen LogP contribution in [0.4, 0.5) is 0 Å². The number of fused-ring (bicyclic) bond motifs is 6. The molecule has 3 aromatic carbocycles. The summed E-state index contributed by atoms with van der Waals surface area (Å²) >= 11 is -2.32. The first-order valence-corrected chi connectivity index (χ1v) is 21.9. The van der Waals surface area contributed by atoms with Crippen LogP contribution in [0.3, 0.4) is 0 Å². The Hall–Kier alpha value is -2.22. The van der Waals surface area contributed by atoms with Crippen LogP contribution in [0.2, 0.25) is 13.1 Å². The molecule has 0 aliphatic heterocycles. The number of aryl methyl sites for hydroxylation is 1. The van der Waals surface area contributed by atoms with E-state index in [1.807, 2.05) is 0 Å². The van der Waals surface area contributed by atoms with Crippen molar-refractivity contribution in [1.29, 1.82) is 0 Å². The molecule has 0 amide bonds. The monoisotopic (exact) mass is 638 g/mol. The van der Waals surface area contributed by atoms with Crippen LogP contribution in [0.15, 0.2) is 126 Å². The van der Waals surface area contributed by atoms with E-state index in [1.165, 1.54) is 27.8 Å². The smallest absolute Gasteiger partial charge is 1.00 e. The van der Waals surface area contributed by atoms with Gasteiger partial charge >= 0.3 is 230 Å². The molecule has 2 atom stereocenters. The average Bonchev–Trinajstić information content (AvgIpc) is 3.42. The van der Waals surface area contributed by atoms with Gasteiger partial charge in [-0.15, -0.1) is 0 Å². The molecule has 0 aromatic heterocycles. The van der Waals surface area contributed by atoms with Crippen molar-refractivity contribution in [2.45, 2.75) is 31.9 Å². The molecule has 0 spiro atoms. The summed E-state index contributed by atoms with van der Waals surface area (Å²) in [4.78, 5) is 0. The van der Waals surface area contributed by atoms with E-state index in [1.54, 1.807) is 28.8 Å². The van der Waals surface area contributed by atoms with Gasteiger partial charge in [0, 0.05) is 0 Å². The molecule has 0 N–H and O–H groups in total. The van der Waals surface area contributed by atoms with Gasteiger partial charge in [0.05, 0.1) is 0 Å². The minimum absolute atomic E-state index is 0. The minimum Gasteiger partial charge on any atom is -1.00 e. The van der Waals surface area contributed by atoms with Crippen LogP contribution >= 0.6 is 0 Å². The van der Waals surface area contributed by atoms with E-state index in [4.69, 9.17) is 0 Å². The van der Waals surface area contributed by atoms with Crippen LogP contribution in [0, 0.1) is 6.92 Å². The predicted molar refractivity (Wildman–Crippen MR) is 156 cm³/mol. The van der Waals surface area contributed by atoms with E-state index in [-0.39, 0.29) is 24.8 Å². The first kappa shape index (κ1) is 28.3. The molecule has 0 bridgehead atoms. The Morgan fingerprint density at radius 1 is 0.615 bits per heavy atom. The molecule has 0 radical (unpaired) electrons. The average molecular weight is 641 g/mol. The number of allylic oxidation sites excluding steroid dienone is 10. The summed E-state index contributed by atoms with van der Waals surface area (Å²) in [7, 11) is 0. The van der Waals surface area contributed by atoms with Crippen LogP contribution in [0.25, 0.3) is 17.7 Å². The third-order valence-electron chi connectivity index (χ3n) is 8.21. The summed E-state index contributed by atoms with van der Waals surface area (Å²) < 4.78 is 3.53. The number of halogens is 2. The van der Waals surface area contributed by atoms with Crippen LogP contribution in [0.5, 0.6) is 0 Å². The zero-order valence-corrected chi connectivity index (χ0v) is 27.4. The Morgan fingerprint density at radius 2 is 1.18 bits per heavy atom. The Kier molecular flexibility index (Phi) is 8.23. The van der Waals surface area contributed by atoms with E-state index in [0.29, 0.717) is 11.8 Å². The molecule has 0 saturated carbocycles. The van der Waals surface area contributed by atoms with Gasteiger partial charge in [-0.05, 0) is 0 Å². The summed E-state index contributed by atoms with van der Waals surface area (Å²) in [5.41, 5.74) is 12.8. The van der Waals surface area contributed by atoms with E-state index in [0.717, 1.165) is 0 Å². The summed E-state index contributed by atoms with van der Waals surface area (Å²) in [5, 5.41) is 0. The topological polar surface area (TPSA) is 0 Å². The second kappa shape index (κ2) is 11.3. The van der Waals surface area contributed by atoms with Crippen molar-refractivity contribution in [2.75, 3.05) is 0 Å².